The number of carbonyl (C=O) groups excluding carboxylic acids is 1. The third kappa shape index (κ3) is 5.43. The van der Waals surface area contributed by atoms with Crippen LogP contribution in [0.4, 0.5) is 18.9 Å². The molecule has 0 saturated carbocycles. The number of aromatic hydroxyl groups is 1. The first kappa shape index (κ1) is 23.7. The SMILES string of the molecule is CCOC(=O)[C@@H](Cc1ccccc1)n1c(O)c(C=Nc2ccccc2C(F)(F)F)sc1=S. The number of aromatic nitrogens is 1. The molecule has 1 atom stereocenters. The lowest BCUT2D eigenvalue weighted by atomic mass is 10.1. The summed E-state index contributed by atoms with van der Waals surface area (Å²) < 4.78 is 46.2. The molecule has 0 saturated heterocycles. The lowest BCUT2D eigenvalue weighted by molar-refractivity contribution is -0.147. The summed E-state index contributed by atoms with van der Waals surface area (Å²) in [4.78, 5) is 16.7. The molecule has 1 heterocycles. The third-order valence-electron chi connectivity index (χ3n) is 4.52. The fourth-order valence-corrected chi connectivity index (χ4v) is 4.34. The Labute approximate surface area is 191 Å². The Morgan fingerprint density at radius 2 is 1.88 bits per heavy atom. The molecule has 0 aliphatic carbocycles. The van der Waals surface area contributed by atoms with E-state index in [9.17, 15) is 23.1 Å². The van der Waals surface area contributed by atoms with Crippen LogP contribution in [0.15, 0.2) is 59.6 Å². The Bertz CT molecular complexity index is 1170. The highest BCUT2D eigenvalue weighted by molar-refractivity contribution is 7.73. The van der Waals surface area contributed by atoms with E-state index in [4.69, 9.17) is 17.0 Å². The van der Waals surface area contributed by atoms with Crippen molar-refractivity contribution >= 4 is 41.4 Å². The zero-order valence-corrected chi connectivity index (χ0v) is 18.5. The summed E-state index contributed by atoms with van der Waals surface area (Å²) in [6.45, 7) is 1.81. The Morgan fingerprint density at radius 1 is 1.22 bits per heavy atom. The Balaban J connectivity index is 1.99. The summed E-state index contributed by atoms with van der Waals surface area (Å²) in [5.41, 5.74) is -0.365. The molecular weight excluding hydrogens is 461 g/mol. The van der Waals surface area contributed by atoms with E-state index in [0.29, 0.717) is 0 Å². The molecule has 168 valence electrons. The molecule has 0 aliphatic heterocycles. The highest BCUT2D eigenvalue weighted by atomic mass is 32.1. The maximum atomic E-state index is 13.2. The minimum absolute atomic E-state index is 0.134. The van der Waals surface area contributed by atoms with Crippen molar-refractivity contribution in [3.8, 4) is 5.88 Å². The van der Waals surface area contributed by atoms with Crippen molar-refractivity contribution in [3.63, 3.8) is 0 Å². The van der Waals surface area contributed by atoms with Gasteiger partial charge in [-0.15, -0.1) is 0 Å². The van der Waals surface area contributed by atoms with E-state index < -0.39 is 23.8 Å². The molecule has 3 aromatic rings. The Kier molecular flexibility index (Phi) is 7.47. The maximum Gasteiger partial charge on any atom is 0.418 e. The predicted molar refractivity (Wildman–Crippen MR) is 119 cm³/mol. The first-order valence-corrected chi connectivity index (χ1v) is 10.8. The van der Waals surface area contributed by atoms with Gasteiger partial charge in [0.15, 0.2) is 3.95 Å². The van der Waals surface area contributed by atoms with Crippen molar-refractivity contribution in [1.29, 1.82) is 0 Å². The van der Waals surface area contributed by atoms with E-state index in [1.807, 2.05) is 30.3 Å². The first-order valence-electron chi connectivity index (χ1n) is 9.57. The van der Waals surface area contributed by atoms with Gasteiger partial charge >= 0.3 is 12.1 Å². The van der Waals surface area contributed by atoms with Gasteiger partial charge in [-0.25, -0.2) is 4.79 Å². The molecule has 0 spiro atoms. The molecule has 0 unspecified atom stereocenters. The van der Waals surface area contributed by atoms with Gasteiger partial charge < -0.3 is 9.84 Å². The second-order valence-electron chi connectivity index (χ2n) is 6.66. The van der Waals surface area contributed by atoms with Gasteiger partial charge in [-0.3, -0.25) is 9.56 Å². The molecule has 0 amide bonds. The number of para-hydroxylation sites is 1. The normalized spacial score (nSPS) is 12.8. The molecule has 32 heavy (non-hydrogen) atoms. The third-order valence-corrected chi connectivity index (χ3v) is 5.84. The summed E-state index contributed by atoms with van der Waals surface area (Å²) in [6.07, 6.45) is -3.24. The van der Waals surface area contributed by atoms with E-state index in [1.165, 1.54) is 22.8 Å². The minimum atomic E-state index is -4.57. The van der Waals surface area contributed by atoms with Crippen LogP contribution in [-0.2, 0) is 22.1 Å². The zero-order valence-electron chi connectivity index (χ0n) is 16.9. The second-order valence-corrected chi connectivity index (χ2v) is 8.33. The number of hydrogen-bond acceptors (Lipinski definition) is 6. The number of halogens is 3. The van der Waals surface area contributed by atoms with Crippen molar-refractivity contribution < 1.29 is 27.8 Å². The van der Waals surface area contributed by atoms with E-state index >= 15 is 0 Å². The summed E-state index contributed by atoms with van der Waals surface area (Å²) in [6, 6.07) is 13.1. The number of ether oxygens (including phenoxy) is 1. The standard InChI is InChI=1S/C22H19F3N2O3S2/c1-2-30-20(29)17(12-14-8-4-3-5-9-14)27-19(28)18(32-21(27)31)13-26-16-11-7-6-10-15(16)22(23,24)25/h3-11,13,17,28H,2,12H2,1H3/t17-/m1/s1. The summed E-state index contributed by atoms with van der Waals surface area (Å²) >= 11 is 6.28. The highest BCUT2D eigenvalue weighted by Gasteiger charge is 2.33. The van der Waals surface area contributed by atoms with Crippen molar-refractivity contribution in [3.05, 3.63) is 74.6 Å². The van der Waals surface area contributed by atoms with Crippen LogP contribution in [0.5, 0.6) is 5.88 Å². The minimum Gasteiger partial charge on any atom is -0.493 e. The molecule has 2 aromatic carbocycles. The summed E-state index contributed by atoms with van der Waals surface area (Å²) in [5, 5.41) is 10.8. The van der Waals surface area contributed by atoms with E-state index in [2.05, 4.69) is 4.99 Å². The predicted octanol–water partition coefficient (Wildman–Crippen LogP) is 6.10. The van der Waals surface area contributed by atoms with E-state index in [1.54, 1.807) is 6.92 Å². The number of aliphatic imine (C=N–C) groups is 1. The maximum absolute atomic E-state index is 13.2. The second kappa shape index (κ2) is 10.1. The van der Waals surface area contributed by atoms with Crippen molar-refractivity contribution in [2.75, 3.05) is 6.61 Å². The van der Waals surface area contributed by atoms with Gasteiger partial charge in [-0.1, -0.05) is 53.8 Å². The van der Waals surface area contributed by atoms with E-state index in [0.717, 1.165) is 29.2 Å². The largest absolute Gasteiger partial charge is 0.493 e. The van der Waals surface area contributed by atoms with Gasteiger partial charge in [0.2, 0.25) is 5.88 Å². The highest BCUT2D eigenvalue weighted by Crippen LogP contribution is 2.37. The van der Waals surface area contributed by atoms with Crippen LogP contribution in [-0.4, -0.2) is 28.5 Å². The van der Waals surface area contributed by atoms with Gasteiger partial charge in [0.25, 0.3) is 0 Å². The van der Waals surface area contributed by atoms with Crippen LogP contribution in [0.25, 0.3) is 0 Å². The van der Waals surface area contributed by atoms with Crippen LogP contribution >= 0.6 is 23.6 Å². The molecule has 0 bridgehead atoms. The molecule has 1 aromatic heterocycles. The number of esters is 1. The van der Waals surface area contributed by atoms with Crippen LogP contribution in [0, 0.1) is 3.95 Å². The lowest BCUT2D eigenvalue weighted by Crippen LogP contribution is -2.24. The first-order chi connectivity index (χ1) is 15.2. The Hall–Kier alpha value is -2.98. The number of thiazole rings is 1. The average molecular weight is 481 g/mol. The lowest BCUT2D eigenvalue weighted by Gasteiger charge is -2.18. The van der Waals surface area contributed by atoms with Gasteiger partial charge in [0, 0.05) is 6.42 Å². The van der Waals surface area contributed by atoms with Crippen LogP contribution in [0.2, 0.25) is 0 Å². The van der Waals surface area contributed by atoms with Crippen molar-refractivity contribution in [2.24, 2.45) is 4.99 Å². The van der Waals surface area contributed by atoms with Gasteiger partial charge in [0.1, 0.15) is 10.9 Å². The van der Waals surface area contributed by atoms with Crippen LogP contribution in [0.1, 0.15) is 29.0 Å². The van der Waals surface area contributed by atoms with E-state index in [-0.39, 0.29) is 33.4 Å². The fraction of sp³-hybridized carbons (Fsp3) is 0.227. The number of alkyl halides is 3. The van der Waals surface area contributed by atoms with Gasteiger partial charge in [0.05, 0.1) is 24.1 Å². The molecule has 10 heteroatoms. The molecule has 1 N–H and O–H groups in total. The molecule has 0 fully saturated rings. The topological polar surface area (TPSA) is 63.8 Å². The number of rotatable bonds is 7. The van der Waals surface area contributed by atoms with Crippen molar-refractivity contribution in [2.45, 2.75) is 25.6 Å². The van der Waals surface area contributed by atoms with Crippen molar-refractivity contribution in [1.82, 2.24) is 4.57 Å². The quantitative estimate of drug-likeness (QED) is 0.252. The summed E-state index contributed by atoms with van der Waals surface area (Å²) in [5.74, 6) is -0.936. The number of benzene rings is 2. The van der Waals surface area contributed by atoms with Gasteiger partial charge in [-0.05, 0) is 36.8 Å². The van der Waals surface area contributed by atoms with Crippen LogP contribution < -0.4 is 0 Å². The molecule has 3 rings (SSSR count). The number of nitrogens with zero attached hydrogens (tertiary/aromatic N) is 2. The molecular formula is C22H19F3N2O3S2. The molecule has 5 nitrogen and oxygen atoms in total. The zero-order chi connectivity index (χ0) is 23.3. The molecule has 0 radical (unpaired) electrons. The van der Waals surface area contributed by atoms with Crippen LogP contribution in [0.3, 0.4) is 0 Å². The number of carbonyl (C=O) groups is 1. The fourth-order valence-electron chi connectivity index (χ4n) is 3.06. The smallest absolute Gasteiger partial charge is 0.418 e. The van der Waals surface area contributed by atoms with Gasteiger partial charge in [-0.2, -0.15) is 13.2 Å². The molecule has 0 aliphatic rings. The monoisotopic (exact) mass is 480 g/mol. The number of hydrogen-bond donors (Lipinski definition) is 1. The Morgan fingerprint density at radius 3 is 2.53 bits per heavy atom. The summed E-state index contributed by atoms with van der Waals surface area (Å²) in [7, 11) is 0. The average Bonchev–Trinajstić information content (AvgIpc) is 3.04.